The predicted octanol–water partition coefficient (Wildman–Crippen LogP) is 2.95. The minimum Gasteiger partial charge on any atom is -0.300 e. The molecular weight excluding hydrogens is 231 g/mol. The SMILES string of the molecule is O=Cc1cc(-c2cccc3nccn23)ccc1F. The van der Waals surface area contributed by atoms with Gasteiger partial charge in [0.2, 0.25) is 0 Å². The molecule has 0 unspecified atom stereocenters. The highest BCUT2D eigenvalue weighted by Crippen LogP contribution is 2.22. The first-order valence-corrected chi connectivity index (χ1v) is 5.47. The number of hydrogen-bond acceptors (Lipinski definition) is 2. The molecule has 4 heteroatoms. The highest BCUT2D eigenvalue weighted by molar-refractivity contribution is 5.79. The lowest BCUT2D eigenvalue weighted by molar-refractivity contribution is 0.112. The Morgan fingerprint density at radius 1 is 1.22 bits per heavy atom. The summed E-state index contributed by atoms with van der Waals surface area (Å²) < 4.78 is 15.2. The van der Waals surface area contributed by atoms with Gasteiger partial charge in [0, 0.05) is 12.4 Å². The van der Waals surface area contributed by atoms with Crippen LogP contribution in [-0.4, -0.2) is 15.7 Å². The van der Waals surface area contributed by atoms with Crippen molar-refractivity contribution < 1.29 is 9.18 Å². The first-order valence-electron chi connectivity index (χ1n) is 5.47. The molecule has 2 heterocycles. The topological polar surface area (TPSA) is 34.4 Å². The van der Waals surface area contributed by atoms with Gasteiger partial charge >= 0.3 is 0 Å². The third kappa shape index (κ3) is 1.59. The molecule has 3 aromatic rings. The molecule has 0 N–H and O–H groups in total. The fourth-order valence-electron chi connectivity index (χ4n) is 1.98. The number of carbonyl (C=O) groups excluding carboxylic acids is 1. The molecule has 0 radical (unpaired) electrons. The number of aromatic nitrogens is 2. The average molecular weight is 240 g/mol. The number of pyridine rings is 1. The third-order valence-electron chi connectivity index (χ3n) is 2.85. The van der Waals surface area contributed by atoms with E-state index >= 15 is 0 Å². The highest BCUT2D eigenvalue weighted by atomic mass is 19.1. The Morgan fingerprint density at radius 3 is 2.94 bits per heavy atom. The zero-order valence-corrected chi connectivity index (χ0v) is 9.38. The number of carbonyl (C=O) groups is 1. The van der Waals surface area contributed by atoms with E-state index in [1.54, 1.807) is 12.3 Å². The van der Waals surface area contributed by atoms with Crippen LogP contribution in [0.25, 0.3) is 16.9 Å². The molecule has 3 rings (SSSR count). The quantitative estimate of drug-likeness (QED) is 0.645. The minimum absolute atomic E-state index is 0.0598. The Labute approximate surface area is 103 Å². The molecule has 88 valence electrons. The zero-order chi connectivity index (χ0) is 12.5. The van der Waals surface area contributed by atoms with Gasteiger partial charge in [0.1, 0.15) is 11.5 Å². The van der Waals surface area contributed by atoms with Crippen molar-refractivity contribution in [2.24, 2.45) is 0 Å². The maximum Gasteiger partial charge on any atom is 0.153 e. The van der Waals surface area contributed by atoms with E-state index in [0.29, 0.717) is 6.29 Å². The van der Waals surface area contributed by atoms with Crippen molar-refractivity contribution in [2.45, 2.75) is 0 Å². The fourth-order valence-corrected chi connectivity index (χ4v) is 1.98. The number of benzene rings is 1. The Morgan fingerprint density at radius 2 is 2.11 bits per heavy atom. The molecule has 0 saturated heterocycles. The zero-order valence-electron chi connectivity index (χ0n) is 9.38. The van der Waals surface area contributed by atoms with Crippen molar-refractivity contribution in [2.75, 3.05) is 0 Å². The van der Waals surface area contributed by atoms with Gasteiger partial charge in [-0.3, -0.25) is 9.20 Å². The molecule has 0 aliphatic rings. The van der Waals surface area contributed by atoms with Gasteiger partial charge in [-0.2, -0.15) is 0 Å². The lowest BCUT2D eigenvalue weighted by Gasteiger charge is -2.06. The summed E-state index contributed by atoms with van der Waals surface area (Å²) >= 11 is 0. The van der Waals surface area contributed by atoms with E-state index in [4.69, 9.17) is 0 Å². The summed E-state index contributed by atoms with van der Waals surface area (Å²) in [6.07, 6.45) is 4.05. The molecule has 3 nitrogen and oxygen atoms in total. The van der Waals surface area contributed by atoms with Gasteiger partial charge in [-0.05, 0) is 35.9 Å². The number of nitrogens with zero attached hydrogens (tertiary/aromatic N) is 2. The van der Waals surface area contributed by atoms with Crippen LogP contribution in [0, 0.1) is 5.82 Å². The summed E-state index contributed by atoms with van der Waals surface area (Å²) in [5.41, 5.74) is 2.52. The molecular formula is C14H9FN2O. The second kappa shape index (κ2) is 4.07. The van der Waals surface area contributed by atoms with E-state index in [9.17, 15) is 9.18 Å². The van der Waals surface area contributed by atoms with Gasteiger partial charge in [0.15, 0.2) is 6.29 Å². The molecule has 0 aliphatic carbocycles. The molecule has 0 saturated carbocycles. The Bertz CT molecular complexity index is 733. The van der Waals surface area contributed by atoms with E-state index in [1.807, 2.05) is 28.8 Å². The van der Waals surface area contributed by atoms with Crippen LogP contribution < -0.4 is 0 Å². The molecule has 0 bridgehead atoms. The van der Waals surface area contributed by atoms with Crippen LogP contribution in [0.4, 0.5) is 4.39 Å². The molecule has 0 fully saturated rings. The highest BCUT2D eigenvalue weighted by Gasteiger charge is 2.07. The second-order valence-electron chi connectivity index (χ2n) is 3.92. The van der Waals surface area contributed by atoms with Crippen molar-refractivity contribution in [1.82, 2.24) is 9.38 Å². The van der Waals surface area contributed by atoms with E-state index in [2.05, 4.69) is 4.98 Å². The van der Waals surface area contributed by atoms with Gasteiger partial charge in [-0.25, -0.2) is 9.37 Å². The van der Waals surface area contributed by atoms with E-state index in [0.717, 1.165) is 16.9 Å². The second-order valence-corrected chi connectivity index (χ2v) is 3.92. The summed E-state index contributed by atoms with van der Waals surface area (Å²) in [6, 6.07) is 10.1. The van der Waals surface area contributed by atoms with Crippen molar-refractivity contribution in [1.29, 1.82) is 0 Å². The minimum atomic E-state index is -0.508. The molecule has 0 atom stereocenters. The number of fused-ring (bicyclic) bond motifs is 1. The summed E-state index contributed by atoms with van der Waals surface area (Å²) in [6.45, 7) is 0. The molecule has 0 aliphatic heterocycles. The first kappa shape index (κ1) is 10.7. The lowest BCUT2D eigenvalue weighted by Crippen LogP contribution is -1.93. The van der Waals surface area contributed by atoms with Crippen molar-refractivity contribution >= 4 is 11.9 Å². The monoisotopic (exact) mass is 240 g/mol. The van der Waals surface area contributed by atoms with Crippen molar-refractivity contribution in [3.8, 4) is 11.3 Å². The Hall–Kier alpha value is -2.49. The fraction of sp³-hybridized carbons (Fsp3) is 0. The summed E-state index contributed by atoms with van der Waals surface area (Å²) in [5, 5.41) is 0. The van der Waals surface area contributed by atoms with Gasteiger partial charge in [0.05, 0.1) is 11.3 Å². The van der Waals surface area contributed by atoms with Crippen LogP contribution in [0.2, 0.25) is 0 Å². The first-order chi connectivity index (χ1) is 8.79. The summed E-state index contributed by atoms with van der Waals surface area (Å²) in [7, 11) is 0. The molecule has 18 heavy (non-hydrogen) atoms. The van der Waals surface area contributed by atoms with Gasteiger partial charge < -0.3 is 0 Å². The van der Waals surface area contributed by atoms with Crippen molar-refractivity contribution in [3.05, 3.63) is 60.2 Å². The lowest BCUT2D eigenvalue weighted by atomic mass is 10.1. The van der Waals surface area contributed by atoms with Crippen LogP contribution in [-0.2, 0) is 0 Å². The van der Waals surface area contributed by atoms with Gasteiger partial charge in [-0.1, -0.05) is 6.07 Å². The van der Waals surface area contributed by atoms with Gasteiger partial charge in [0.25, 0.3) is 0 Å². The number of rotatable bonds is 2. The number of halogens is 1. The average Bonchev–Trinajstić information content (AvgIpc) is 2.87. The smallest absolute Gasteiger partial charge is 0.153 e. The summed E-state index contributed by atoms with van der Waals surface area (Å²) in [4.78, 5) is 14.9. The Balaban J connectivity index is 2.26. The maximum atomic E-state index is 13.3. The van der Waals surface area contributed by atoms with E-state index in [1.165, 1.54) is 12.1 Å². The van der Waals surface area contributed by atoms with E-state index < -0.39 is 5.82 Å². The van der Waals surface area contributed by atoms with Crippen LogP contribution in [0.15, 0.2) is 48.8 Å². The standard InChI is InChI=1S/C14H9FN2O/c15-12-5-4-10(8-11(12)9-18)13-2-1-3-14-16-6-7-17(13)14/h1-9H. The largest absolute Gasteiger partial charge is 0.300 e. The van der Waals surface area contributed by atoms with Crippen molar-refractivity contribution in [3.63, 3.8) is 0 Å². The molecule has 0 spiro atoms. The normalized spacial score (nSPS) is 10.7. The van der Waals surface area contributed by atoms with Crippen LogP contribution in [0.3, 0.4) is 0 Å². The Kier molecular flexibility index (Phi) is 2.41. The maximum absolute atomic E-state index is 13.3. The molecule has 0 amide bonds. The number of imidazole rings is 1. The number of aldehydes is 1. The predicted molar refractivity (Wildman–Crippen MR) is 66.0 cm³/mol. The molecule has 1 aromatic carbocycles. The summed E-state index contributed by atoms with van der Waals surface area (Å²) in [5.74, 6) is -0.508. The van der Waals surface area contributed by atoms with Crippen LogP contribution in [0.1, 0.15) is 10.4 Å². The van der Waals surface area contributed by atoms with Gasteiger partial charge in [-0.15, -0.1) is 0 Å². The third-order valence-corrected chi connectivity index (χ3v) is 2.85. The van der Waals surface area contributed by atoms with E-state index in [-0.39, 0.29) is 5.56 Å². The molecule has 2 aromatic heterocycles. The van der Waals surface area contributed by atoms with Crippen LogP contribution in [0.5, 0.6) is 0 Å². The number of hydrogen-bond donors (Lipinski definition) is 0. The van der Waals surface area contributed by atoms with Crippen LogP contribution >= 0.6 is 0 Å².